The summed E-state index contributed by atoms with van der Waals surface area (Å²) in [6, 6.07) is 149. The average molecular weight is 1770 g/mol. The zero-order valence-corrected chi connectivity index (χ0v) is 70.9. The Balaban J connectivity index is 0.000000137. The molecule has 0 amide bonds. The van der Waals surface area contributed by atoms with Crippen LogP contribution in [0.5, 0.6) is 0 Å². The number of hydrogen-bond donors (Lipinski definition) is 0. The SMILES string of the molecule is C.C.C.C.C.C.C1=CC2Sc3c(-c4ccccc4)nc(-c4ccc5nc(-c6ccccc6)c6cccc(-c7ccccc7)c6c5c4)nc3C2C=C1.c1ccc(-c2nc(-c3ccc4nc(-c5ccccc5)c5cccc(-c6ccccc6)c5c4c3)nc3ccccc23)cc1.c1ccc(-c2nc3ccc(-c4ccc(-c5nc6ccccc6s5)cc4)cc3c3c(-c4ccccc4)cccc23)cc1. The Labute approximate surface area is 792 Å². The van der Waals surface area contributed by atoms with Gasteiger partial charge in [0.25, 0.3) is 0 Å². The Bertz CT molecular complexity index is 8210. The second kappa shape index (κ2) is 39.3. The minimum Gasteiger partial charge on any atom is -0.247 e. The molecule has 6 aromatic heterocycles. The number of nitrogens with zero attached hydrogens (tertiary/aromatic N) is 8. The molecule has 2 unspecified atom stereocenters. The van der Waals surface area contributed by atoms with Crippen molar-refractivity contribution in [2.24, 2.45) is 0 Å². The van der Waals surface area contributed by atoms with Crippen LogP contribution in [0.25, 0.3) is 220 Å². The first-order chi connectivity index (χ1) is 63.5. The molecule has 1 aliphatic carbocycles. The molecule has 8 nitrogen and oxygen atoms in total. The number of thiazole rings is 1. The van der Waals surface area contributed by atoms with Crippen LogP contribution in [0, 0.1) is 0 Å². The van der Waals surface area contributed by atoms with Gasteiger partial charge in [-0.05, 0) is 111 Å². The predicted octanol–water partition coefficient (Wildman–Crippen LogP) is 35.0. The van der Waals surface area contributed by atoms with Crippen LogP contribution in [0.3, 0.4) is 0 Å². The van der Waals surface area contributed by atoms with E-state index in [0.717, 1.165) is 155 Å². The van der Waals surface area contributed by atoms with E-state index in [1.165, 1.54) is 70.3 Å². The van der Waals surface area contributed by atoms with Crippen molar-refractivity contribution < 1.29 is 0 Å². The van der Waals surface area contributed by atoms with Gasteiger partial charge in [-0.3, -0.25) is 0 Å². The maximum absolute atomic E-state index is 5.29. The van der Waals surface area contributed by atoms with Crippen molar-refractivity contribution in [2.75, 3.05) is 0 Å². The van der Waals surface area contributed by atoms with Crippen molar-refractivity contribution in [3.8, 4) is 134 Å². The number of hydrogen-bond acceptors (Lipinski definition) is 10. The third kappa shape index (κ3) is 17.0. The van der Waals surface area contributed by atoms with E-state index in [0.29, 0.717) is 11.1 Å². The monoisotopic (exact) mass is 1760 g/mol. The van der Waals surface area contributed by atoms with Gasteiger partial charge in [-0.15, -0.1) is 23.1 Å². The number of pyridine rings is 3. The van der Waals surface area contributed by atoms with Gasteiger partial charge in [-0.25, -0.2) is 39.9 Å². The highest BCUT2D eigenvalue weighted by Crippen LogP contribution is 2.52. The van der Waals surface area contributed by atoms with Crippen LogP contribution in [0.15, 0.2) is 454 Å². The molecular formula is C124H100N8S2. The first-order valence-corrected chi connectivity index (χ1v) is 44.9. The fraction of sp³-hybridized carbons (Fsp3) is 0.0645. The fourth-order valence-electron chi connectivity index (χ4n) is 18.3. The smallest absolute Gasteiger partial charge is 0.160 e. The molecule has 0 bridgehead atoms. The number of rotatable bonds is 12. The van der Waals surface area contributed by atoms with Gasteiger partial charge in [0.2, 0.25) is 0 Å². The zero-order valence-electron chi connectivity index (χ0n) is 69.3. The van der Waals surface area contributed by atoms with Crippen LogP contribution in [-0.4, -0.2) is 45.1 Å². The molecule has 0 spiro atoms. The lowest BCUT2D eigenvalue weighted by atomic mass is 9.91. The van der Waals surface area contributed by atoms with E-state index in [1.807, 2.05) is 42.1 Å². The molecule has 0 N–H and O–H groups in total. The number of fused-ring (bicyclic) bond motifs is 14. The lowest BCUT2D eigenvalue weighted by molar-refractivity contribution is 0.829. The summed E-state index contributed by atoms with van der Waals surface area (Å²) in [5.41, 5.74) is 29.0. The molecule has 17 aromatic carbocycles. The summed E-state index contributed by atoms with van der Waals surface area (Å²) in [4.78, 5) is 42.5. The summed E-state index contributed by atoms with van der Waals surface area (Å²) in [5, 5.41) is 12.8. The molecule has 25 rings (SSSR count). The van der Waals surface area contributed by atoms with Crippen LogP contribution >= 0.6 is 23.1 Å². The quantitative estimate of drug-likeness (QED) is 0.111. The Hall–Kier alpha value is -16.1. The Morgan fingerprint density at radius 2 is 0.522 bits per heavy atom. The number of aromatic nitrogens is 8. The van der Waals surface area contributed by atoms with Gasteiger partial charge in [0, 0.05) is 110 Å². The molecule has 10 heteroatoms. The first-order valence-electron chi connectivity index (χ1n) is 43.2. The lowest BCUT2D eigenvalue weighted by Gasteiger charge is -2.16. The molecule has 0 fully saturated rings. The molecule has 2 aliphatic rings. The highest BCUT2D eigenvalue weighted by atomic mass is 32.2. The van der Waals surface area contributed by atoms with Crippen LogP contribution in [0.2, 0.25) is 0 Å². The van der Waals surface area contributed by atoms with E-state index in [1.54, 1.807) is 11.3 Å². The van der Waals surface area contributed by atoms with Crippen molar-refractivity contribution in [3.05, 3.63) is 455 Å². The van der Waals surface area contributed by atoms with Gasteiger partial charge >= 0.3 is 0 Å². The van der Waals surface area contributed by atoms with Crippen LogP contribution in [0.1, 0.15) is 56.2 Å². The highest BCUT2D eigenvalue weighted by molar-refractivity contribution is 8.00. The molecule has 0 radical (unpaired) electrons. The molecule has 0 saturated heterocycles. The van der Waals surface area contributed by atoms with Gasteiger partial charge < -0.3 is 0 Å². The second-order valence-corrected chi connectivity index (χ2v) is 34.4. The highest BCUT2D eigenvalue weighted by Gasteiger charge is 2.36. The van der Waals surface area contributed by atoms with Crippen LogP contribution in [0.4, 0.5) is 0 Å². The standard InChI is InChI=1S/C41H27N3S.C39H25N3.C38H24N2S.6CH4/c1-4-13-26(14-5-1)30-20-12-21-32-36(30)33-25-29(23-24-34(33)42-37(32)27-15-6-2-7-16-27)41-43-38(28-17-8-3-9-18-28)40-39(44-41)31-19-10-11-22-35(31)45-40;1-4-13-26(14-5-1)30-20-12-21-32-36(30)33-25-29(23-24-35(33)40-38(32)28-17-8-3-9-18-28)39-41-34-22-11-10-19-31(34)37(42-39)27-15-6-2-7-16-27;1-3-10-26(11-4-1)30-14-9-15-31-36(30)32-24-29(22-23-33(32)39-37(31)27-12-5-2-6-13-27)25-18-20-28(21-19-25)38-40-34-16-7-8-17-35(34)41-38;;;;;;/h1-25,31,35H;1-25H;1-24H;6*1H4. The third-order valence-electron chi connectivity index (χ3n) is 24.4. The van der Waals surface area contributed by atoms with Gasteiger partial charge in [0.1, 0.15) is 5.01 Å². The van der Waals surface area contributed by atoms with E-state index in [4.69, 9.17) is 39.9 Å². The molecule has 0 saturated carbocycles. The molecule has 7 heterocycles. The first kappa shape index (κ1) is 89.9. The Kier molecular flexibility index (Phi) is 26.3. The average Bonchev–Trinajstić information content (AvgIpc) is 1.35. The van der Waals surface area contributed by atoms with Gasteiger partial charge in [-0.2, -0.15) is 0 Å². The van der Waals surface area contributed by atoms with Crippen LogP contribution < -0.4 is 0 Å². The minimum atomic E-state index is 0. The number of thioether (sulfide) groups is 1. The van der Waals surface area contributed by atoms with E-state index < -0.39 is 0 Å². The van der Waals surface area contributed by atoms with Gasteiger partial charge in [-0.1, -0.05) is 427 Å². The Morgan fingerprint density at radius 1 is 0.201 bits per heavy atom. The molecule has 2 atom stereocenters. The summed E-state index contributed by atoms with van der Waals surface area (Å²) >= 11 is 3.61. The number of allylic oxidation sites excluding steroid dienone is 3. The topological polar surface area (TPSA) is 103 Å². The maximum Gasteiger partial charge on any atom is 0.160 e. The van der Waals surface area contributed by atoms with Crippen molar-refractivity contribution in [1.29, 1.82) is 0 Å². The van der Waals surface area contributed by atoms with E-state index >= 15 is 0 Å². The number of para-hydroxylation sites is 2. The summed E-state index contributed by atoms with van der Waals surface area (Å²) < 4.78 is 1.21. The molecule has 23 aromatic rings. The predicted molar refractivity (Wildman–Crippen MR) is 576 cm³/mol. The summed E-state index contributed by atoms with van der Waals surface area (Å²) in [7, 11) is 0. The molecule has 1 aliphatic heterocycles. The molecular weight excluding hydrogens is 1670 g/mol. The van der Waals surface area contributed by atoms with Crippen molar-refractivity contribution in [2.45, 2.75) is 60.6 Å². The molecule has 648 valence electrons. The lowest BCUT2D eigenvalue weighted by Crippen LogP contribution is -2.09. The summed E-state index contributed by atoms with van der Waals surface area (Å²) in [6.45, 7) is 0. The Morgan fingerprint density at radius 3 is 0.955 bits per heavy atom. The number of benzene rings is 17. The van der Waals surface area contributed by atoms with Crippen molar-refractivity contribution >= 4 is 109 Å². The minimum absolute atomic E-state index is 0. The van der Waals surface area contributed by atoms with Gasteiger partial charge in [0.15, 0.2) is 11.6 Å². The van der Waals surface area contributed by atoms with E-state index in [9.17, 15) is 0 Å². The van der Waals surface area contributed by atoms with E-state index in [-0.39, 0.29) is 50.5 Å². The third-order valence-corrected chi connectivity index (χ3v) is 26.8. The molecule has 134 heavy (non-hydrogen) atoms. The zero-order chi connectivity index (χ0) is 84.8. The summed E-state index contributed by atoms with van der Waals surface area (Å²) in [6.07, 6.45) is 8.86. The normalized spacial score (nSPS) is 12.6. The van der Waals surface area contributed by atoms with Crippen molar-refractivity contribution in [1.82, 2.24) is 39.9 Å². The van der Waals surface area contributed by atoms with Gasteiger partial charge in [0.05, 0.1) is 71.3 Å². The maximum atomic E-state index is 5.29. The van der Waals surface area contributed by atoms with Crippen molar-refractivity contribution in [3.63, 3.8) is 0 Å². The second-order valence-electron chi connectivity index (χ2n) is 32.2. The summed E-state index contributed by atoms with van der Waals surface area (Å²) in [5.74, 6) is 1.68. The van der Waals surface area contributed by atoms with E-state index in [2.05, 4.69) is 419 Å². The van der Waals surface area contributed by atoms with Crippen LogP contribution in [-0.2, 0) is 0 Å². The largest absolute Gasteiger partial charge is 0.247 e. The fourth-order valence-corrected chi connectivity index (χ4v) is 20.6.